The minimum atomic E-state index is -0.172. The van der Waals surface area contributed by atoms with E-state index in [1.165, 1.54) is 124 Å². The number of hydrogen-bond donors (Lipinski definition) is 0. The van der Waals surface area contributed by atoms with Gasteiger partial charge in [0, 0.05) is 34.1 Å². The highest BCUT2D eigenvalue weighted by molar-refractivity contribution is 5.99. The monoisotopic (exact) mass is 1060 g/mol. The Bertz CT molecular complexity index is 4560. The van der Waals surface area contributed by atoms with E-state index in [-0.39, 0.29) is 27.7 Å². The summed E-state index contributed by atoms with van der Waals surface area (Å²) in [5, 5.41) is 5.24. The van der Waals surface area contributed by atoms with Gasteiger partial charge in [-0.1, -0.05) is 164 Å². The van der Waals surface area contributed by atoms with Crippen LogP contribution in [-0.4, -0.2) is 0 Å². The maximum atomic E-state index is 7.00. The van der Waals surface area contributed by atoms with Crippen LogP contribution >= 0.6 is 0 Å². The van der Waals surface area contributed by atoms with Crippen molar-refractivity contribution < 1.29 is 13.9 Å². The molecule has 3 unspecified atom stereocenters. The van der Waals surface area contributed by atoms with Crippen molar-refractivity contribution in [1.82, 2.24) is 0 Å². The van der Waals surface area contributed by atoms with E-state index in [0.29, 0.717) is 0 Å². The topological polar surface area (TPSA) is 20.2 Å². The number of hydrogen-bond acceptors (Lipinski definition) is 2. The van der Waals surface area contributed by atoms with Crippen molar-refractivity contribution in [2.24, 2.45) is 12.5 Å². The first-order valence-electron chi connectivity index (χ1n) is 30.1. The number of pyridine rings is 2. The zero-order valence-electron chi connectivity index (χ0n) is 48.5. The third-order valence-corrected chi connectivity index (χ3v) is 21.0. The van der Waals surface area contributed by atoms with E-state index in [4.69, 9.17) is 4.74 Å². The first-order chi connectivity index (χ1) is 39.8. The zero-order valence-corrected chi connectivity index (χ0v) is 48.5. The standard InChI is InChI=1S/C78H69N3O/c1-9-11-21-48-23-20-27-58-54(48)39-41-80-73(58)59-26-15-17-29-64(59)78(74(80)77(78,7)10-2)47-52-32-35-53(44-60(52)72-55-24-13-12-22-49(55)38-40-79(72)8)81-68-30-18-19-31-70(68)82-71-43-51(34-37-69(71)81)50-33-36-57-62-46-66-61(45-67(62)76(5,6)65(57)42-50)56-25-14-16-28-63(56)75(66,3)4/h12-20,22-46,74H,9-11,21,47H2,1-8H3/q+2. The van der Waals surface area contributed by atoms with Crippen LogP contribution < -0.4 is 18.8 Å². The van der Waals surface area contributed by atoms with Gasteiger partial charge in [0.1, 0.15) is 7.05 Å². The molecule has 5 aliphatic rings. The van der Waals surface area contributed by atoms with Gasteiger partial charge in [-0.15, -0.1) is 0 Å². The van der Waals surface area contributed by atoms with Gasteiger partial charge in [0.2, 0.25) is 11.4 Å². The molecule has 82 heavy (non-hydrogen) atoms. The molecule has 11 aromatic rings. The Morgan fingerprint density at radius 1 is 0.476 bits per heavy atom. The molecule has 4 nitrogen and oxygen atoms in total. The summed E-state index contributed by atoms with van der Waals surface area (Å²) < 4.78 is 12.1. The maximum Gasteiger partial charge on any atom is 0.220 e. The number of nitrogens with zero attached hydrogens (tertiary/aromatic N) is 3. The summed E-state index contributed by atoms with van der Waals surface area (Å²) in [4.78, 5) is 2.44. The molecule has 2 aliphatic heterocycles. The fourth-order valence-corrected chi connectivity index (χ4v) is 16.5. The van der Waals surface area contributed by atoms with E-state index in [2.05, 4.69) is 276 Å². The van der Waals surface area contributed by atoms with E-state index < -0.39 is 0 Å². The maximum absolute atomic E-state index is 7.00. The number of benzene rings is 9. The Hall–Kier alpha value is -8.60. The van der Waals surface area contributed by atoms with Gasteiger partial charge >= 0.3 is 0 Å². The molecule has 3 aliphatic carbocycles. The van der Waals surface area contributed by atoms with Crippen LogP contribution in [0.15, 0.2) is 207 Å². The molecule has 3 atom stereocenters. The second kappa shape index (κ2) is 17.5. The number of rotatable bonds is 9. The van der Waals surface area contributed by atoms with Gasteiger partial charge < -0.3 is 9.64 Å². The Kier molecular flexibility index (Phi) is 10.5. The van der Waals surface area contributed by atoms with Gasteiger partial charge in [-0.25, -0.2) is 4.57 Å². The number of ether oxygens (including phenoxy) is 1. The average Bonchev–Trinajstić information content (AvgIpc) is 1.82. The lowest BCUT2D eigenvalue weighted by molar-refractivity contribution is -0.699. The molecule has 4 heteroatoms. The highest BCUT2D eigenvalue weighted by Gasteiger charge is 2.82. The minimum Gasteiger partial charge on any atom is -0.453 e. The quantitative estimate of drug-likeness (QED) is 0.134. The predicted octanol–water partition coefficient (Wildman–Crippen LogP) is 19.1. The van der Waals surface area contributed by atoms with Crippen LogP contribution in [-0.2, 0) is 36.1 Å². The van der Waals surface area contributed by atoms with Gasteiger partial charge in [0.25, 0.3) is 0 Å². The average molecular weight is 1060 g/mol. The zero-order chi connectivity index (χ0) is 55.6. The van der Waals surface area contributed by atoms with Gasteiger partial charge in [0.05, 0.1) is 38.7 Å². The number of aryl methyl sites for hydroxylation is 2. The third-order valence-electron chi connectivity index (χ3n) is 21.0. The van der Waals surface area contributed by atoms with E-state index in [0.717, 1.165) is 53.4 Å². The van der Waals surface area contributed by atoms with E-state index in [9.17, 15) is 0 Å². The van der Waals surface area contributed by atoms with Gasteiger partial charge in [0.15, 0.2) is 29.9 Å². The molecular formula is C78H69N3O+2. The molecule has 0 saturated heterocycles. The van der Waals surface area contributed by atoms with Crippen LogP contribution in [0.4, 0.5) is 17.1 Å². The highest BCUT2D eigenvalue weighted by Crippen LogP contribution is 2.76. The van der Waals surface area contributed by atoms with E-state index in [1.807, 2.05) is 0 Å². The Morgan fingerprint density at radius 3 is 1.96 bits per heavy atom. The van der Waals surface area contributed by atoms with Crippen LogP contribution in [0.5, 0.6) is 11.5 Å². The second-order valence-corrected chi connectivity index (χ2v) is 25.7. The number of anilines is 3. The number of aromatic nitrogens is 2. The van der Waals surface area contributed by atoms with Crippen LogP contribution in [0.2, 0.25) is 0 Å². The summed E-state index contributed by atoms with van der Waals surface area (Å²) >= 11 is 0. The molecule has 2 aromatic heterocycles. The van der Waals surface area contributed by atoms with Gasteiger partial charge in [-0.05, 0) is 182 Å². The summed E-state index contributed by atoms with van der Waals surface area (Å²) in [5.74, 6) is 1.69. The summed E-state index contributed by atoms with van der Waals surface area (Å²) in [6.07, 6.45) is 10.2. The Morgan fingerprint density at radius 2 is 1.15 bits per heavy atom. The molecule has 0 spiro atoms. The number of para-hydroxylation sites is 2. The normalized spacial score (nSPS) is 19.5. The largest absolute Gasteiger partial charge is 0.453 e. The second-order valence-electron chi connectivity index (χ2n) is 25.7. The van der Waals surface area contributed by atoms with Crippen molar-refractivity contribution in [3.05, 3.63) is 245 Å². The van der Waals surface area contributed by atoms with Crippen LogP contribution in [0.25, 0.3) is 77.4 Å². The molecule has 4 heterocycles. The van der Waals surface area contributed by atoms with Crippen molar-refractivity contribution in [1.29, 1.82) is 0 Å². The van der Waals surface area contributed by atoms with Crippen molar-refractivity contribution in [3.63, 3.8) is 0 Å². The lowest BCUT2D eigenvalue weighted by Gasteiger charge is -2.34. The molecule has 400 valence electrons. The summed E-state index contributed by atoms with van der Waals surface area (Å²) in [5.41, 5.74) is 25.7. The minimum absolute atomic E-state index is 0.00588. The SMILES string of the molecule is CCCCc1cccc2c3[n+](ccc12)C1C(C)(CC)C1(Cc1ccc(N2c4ccccc4Oc4cc(-c5ccc6c(c5)C(C)(C)c5cc7c(cc5-6)C(C)(C)c5ccccc5-7)ccc42)cc1-c1c2ccccc2cc[n+]1C)c1ccccc1-3. The van der Waals surface area contributed by atoms with Crippen molar-refractivity contribution in [2.75, 3.05) is 4.90 Å². The third kappa shape index (κ3) is 6.61. The molecule has 0 bridgehead atoms. The predicted molar refractivity (Wildman–Crippen MR) is 337 cm³/mol. The van der Waals surface area contributed by atoms with Crippen molar-refractivity contribution in [3.8, 4) is 67.4 Å². The first-order valence-corrected chi connectivity index (χ1v) is 30.1. The molecule has 0 amide bonds. The summed E-state index contributed by atoms with van der Waals surface area (Å²) in [6, 6.07) is 74.3. The van der Waals surface area contributed by atoms with Crippen molar-refractivity contribution >= 4 is 38.6 Å². The van der Waals surface area contributed by atoms with Crippen LogP contribution in [0, 0.1) is 5.41 Å². The molecule has 9 aromatic carbocycles. The van der Waals surface area contributed by atoms with E-state index in [1.54, 1.807) is 0 Å². The molecule has 0 radical (unpaired) electrons. The van der Waals surface area contributed by atoms with Gasteiger partial charge in [-0.2, -0.15) is 4.57 Å². The molecule has 0 N–H and O–H groups in total. The van der Waals surface area contributed by atoms with E-state index >= 15 is 0 Å². The molecular weight excluding hydrogens is 995 g/mol. The van der Waals surface area contributed by atoms with Crippen molar-refractivity contribution in [2.45, 2.75) is 103 Å². The smallest absolute Gasteiger partial charge is 0.220 e. The van der Waals surface area contributed by atoms with Gasteiger partial charge in [-0.3, -0.25) is 0 Å². The fourth-order valence-electron chi connectivity index (χ4n) is 16.5. The summed E-state index contributed by atoms with van der Waals surface area (Å²) in [6.45, 7) is 16.9. The van der Waals surface area contributed by atoms with Crippen LogP contribution in [0.3, 0.4) is 0 Å². The number of unbranched alkanes of at least 4 members (excludes halogenated alkanes) is 1. The molecule has 1 fully saturated rings. The Labute approximate surface area is 483 Å². The summed E-state index contributed by atoms with van der Waals surface area (Å²) in [7, 11) is 2.22. The molecule has 16 rings (SSSR count). The Balaban J connectivity index is 0.823. The number of fused-ring (bicyclic) bond motifs is 17. The lowest BCUT2D eigenvalue weighted by atomic mass is 9.76. The van der Waals surface area contributed by atoms with Crippen LogP contribution in [0.1, 0.15) is 113 Å². The highest BCUT2D eigenvalue weighted by atomic mass is 16.5. The first kappa shape index (κ1) is 49.2. The lowest BCUT2D eigenvalue weighted by Crippen LogP contribution is -2.42. The fraction of sp³-hybridized carbons (Fsp3) is 0.231. The molecule has 1 saturated carbocycles.